The van der Waals surface area contributed by atoms with Gasteiger partial charge in [0.25, 0.3) is 0 Å². The summed E-state index contributed by atoms with van der Waals surface area (Å²) in [5.41, 5.74) is 0. The second-order valence-electron chi connectivity index (χ2n) is 5.18. The molecule has 2 N–H and O–H groups in total. The van der Waals surface area contributed by atoms with E-state index in [1.807, 2.05) is 0 Å². The van der Waals surface area contributed by atoms with Crippen LogP contribution in [0.25, 0.3) is 0 Å². The summed E-state index contributed by atoms with van der Waals surface area (Å²) in [6.45, 7) is 6.73. The lowest BCUT2D eigenvalue weighted by atomic mass is 10.3. The van der Waals surface area contributed by atoms with Crippen molar-refractivity contribution in [1.29, 1.82) is 0 Å². The maximum Gasteiger partial charge on any atom is 0.0569 e. The summed E-state index contributed by atoms with van der Waals surface area (Å²) < 4.78 is 0. The zero-order valence-corrected chi connectivity index (χ0v) is 12.4. The molecule has 0 aliphatic heterocycles. The summed E-state index contributed by atoms with van der Waals surface area (Å²) in [7, 11) is 8.49. The Morgan fingerprint density at radius 2 is 1.24 bits per heavy atom. The van der Waals surface area contributed by atoms with E-state index in [0.29, 0.717) is 6.17 Å². The molecule has 0 bridgehead atoms. The number of hydrogen-bond acceptors (Lipinski definition) is 4. The first-order chi connectivity index (χ1) is 8.06. The Balaban J connectivity index is 3.42. The molecule has 0 unspecified atom stereocenters. The molecule has 0 fully saturated rings. The van der Waals surface area contributed by atoms with Crippen molar-refractivity contribution in [2.45, 2.75) is 32.4 Å². The number of hydrogen-bond donors (Lipinski definition) is 2. The second kappa shape index (κ2) is 11.0. The van der Waals surface area contributed by atoms with E-state index < -0.39 is 0 Å². The first-order valence-corrected chi connectivity index (χ1v) is 6.82. The van der Waals surface area contributed by atoms with Crippen molar-refractivity contribution in [1.82, 2.24) is 20.4 Å². The Morgan fingerprint density at radius 1 is 0.824 bits per heavy atom. The monoisotopic (exact) mass is 244 g/mol. The fourth-order valence-corrected chi connectivity index (χ4v) is 1.70. The molecule has 4 nitrogen and oxygen atoms in total. The van der Waals surface area contributed by atoms with Crippen LogP contribution < -0.4 is 10.6 Å². The Kier molecular flexibility index (Phi) is 10.9. The third kappa shape index (κ3) is 12.1. The third-order valence-corrected chi connectivity index (χ3v) is 2.75. The van der Waals surface area contributed by atoms with Crippen LogP contribution in [0.3, 0.4) is 0 Å². The lowest BCUT2D eigenvalue weighted by Gasteiger charge is -2.20. The summed E-state index contributed by atoms with van der Waals surface area (Å²) in [6.07, 6.45) is 4.04. The van der Waals surface area contributed by atoms with Gasteiger partial charge in [-0.2, -0.15) is 0 Å². The van der Waals surface area contributed by atoms with Gasteiger partial charge < -0.3 is 20.4 Å². The predicted octanol–water partition coefficient (Wildman–Crippen LogP) is 0.805. The first-order valence-electron chi connectivity index (χ1n) is 6.82. The topological polar surface area (TPSA) is 30.5 Å². The van der Waals surface area contributed by atoms with Gasteiger partial charge >= 0.3 is 0 Å². The van der Waals surface area contributed by atoms with Crippen LogP contribution in [-0.2, 0) is 0 Å². The average molecular weight is 244 g/mol. The van der Waals surface area contributed by atoms with Crippen LogP contribution in [0, 0.1) is 0 Å². The van der Waals surface area contributed by atoms with Gasteiger partial charge in [-0.05, 0) is 73.6 Å². The van der Waals surface area contributed by atoms with Crippen LogP contribution in [0.15, 0.2) is 0 Å². The molecule has 0 amide bonds. The zero-order valence-electron chi connectivity index (χ0n) is 12.4. The molecule has 0 atom stereocenters. The number of rotatable bonds is 11. The van der Waals surface area contributed by atoms with E-state index in [1.165, 1.54) is 12.8 Å². The smallest absolute Gasteiger partial charge is 0.0569 e. The maximum absolute atomic E-state index is 3.56. The second-order valence-corrected chi connectivity index (χ2v) is 5.18. The fourth-order valence-electron chi connectivity index (χ4n) is 1.70. The van der Waals surface area contributed by atoms with Gasteiger partial charge in [0.05, 0.1) is 6.17 Å². The van der Waals surface area contributed by atoms with Crippen LogP contribution in [-0.4, -0.2) is 70.3 Å². The highest BCUT2D eigenvalue weighted by Crippen LogP contribution is 1.89. The average Bonchev–Trinajstić information content (AvgIpc) is 2.26. The minimum absolute atomic E-state index is 0.472. The molecular weight excluding hydrogens is 212 g/mol. The Hall–Kier alpha value is -0.160. The molecule has 0 saturated carbocycles. The summed E-state index contributed by atoms with van der Waals surface area (Å²) in [6, 6.07) is 0. The molecule has 0 heterocycles. The standard InChI is InChI=1S/C13H32N4/c1-6-13(14-9-7-11-16(2)3)15-10-8-12-17(4)5/h13-15H,6-12H2,1-5H3. The molecule has 0 aromatic heterocycles. The molecule has 0 rings (SSSR count). The van der Waals surface area contributed by atoms with Crippen LogP contribution in [0.4, 0.5) is 0 Å². The van der Waals surface area contributed by atoms with E-state index in [9.17, 15) is 0 Å². The van der Waals surface area contributed by atoms with Crippen LogP contribution in [0.5, 0.6) is 0 Å². The minimum atomic E-state index is 0.472. The summed E-state index contributed by atoms with van der Waals surface area (Å²) >= 11 is 0. The predicted molar refractivity (Wildman–Crippen MR) is 76.4 cm³/mol. The summed E-state index contributed by atoms with van der Waals surface area (Å²) in [5.74, 6) is 0. The van der Waals surface area contributed by atoms with Crippen molar-refractivity contribution in [3.8, 4) is 0 Å². The van der Waals surface area contributed by atoms with Gasteiger partial charge in [-0.15, -0.1) is 0 Å². The fraction of sp³-hybridized carbons (Fsp3) is 1.00. The van der Waals surface area contributed by atoms with Crippen molar-refractivity contribution in [3.05, 3.63) is 0 Å². The van der Waals surface area contributed by atoms with Gasteiger partial charge in [-0.1, -0.05) is 6.92 Å². The normalized spacial score (nSPS) is 12.0. The van der Waals surface area contributed by atoms with Crippen LogP contribution in [0.2, 0.25) is 0 Å². The van der Waals surface area contributed by atoms with Gasteiger partial charge in [0, 0.05) is 0 Å². The van der Waals surface area contributed by atoms with E-state index in [1.54, 1.807) is 0 Å². The number of nitrogens with zero attached hydrogens (tertiary/aromatic N) is 2. The van der Waals surface area contributed by atoms with Gasteiger partial charge in [-0.25, -0.2) is 0 Å². The Morgan fingerprint density at radius 3 is 1.53 bits per heavy atom. The van der Waals surface area contributed by atoms with E-state index in [2.05, 4.69) is 55.5 Å². The van der Waals surface area contributed by atoms with Crippen LogP contribution >= 0.6 is 0 Å². The summed E-state index contributed by atoms with van der Waals surface area (Å²) in [4.78, 5) is 4.46. The lowest BCUT2D eigenvalue weighted by Crippen LogP contribution is -2.43. The third-order valence-electron chi connectivity index (χ3n) is 2.75. The quantitative estimate of drug-likeness (QED) is 0.416. The van der Waals surface area contributed by atoms with Gasteiger partial charge in [-0.3, -0.25) is 0 Å². The van der Waals surface area contributed by atoms with Gasteiger partial charge in [0.2, 0.25) is 0 Å². The number of nitrogens with one attached hydrogen (secondary N) is 2. The van der Waals surface area contributed by atoms with E-state index in [4.69, 9.17) is 0 Å². The molecule has 104 valence electrons. The lowest BCUT2D eigenvalue weighted by molar-refractivity contribution is 0.351. The molecule has 0 aliphatic rings. The highest BCUT2D eigenvalue weighted by molar-refractivity contribution is 4.63. The zero-order chi connectivity index (χ0) is 13.1. The molecule has 0 spiro atoms. The maximum atomic E-state index is 3.56. The SMILES string of the molecule is CCC(NCCCN(C)C)NCCCN(C)C. The Labute approximate surface area is 108 Å². The summed E-state index contributed by atoms with van der Waals surface area (Å²) in [5, 5.41) is 7.12. The molecule has 0 aliphatic carbocycles. The molecule has 4 heteroatoms. The molecule has 17 heavy (non-hydrogen) atoms. The van der Waals surface area contributed by atoms with E-state index >= 15 is 0 Å². The van der Waals surface area contributed by atoms with Gasteiger partial charge in [0.15, 0.2) is 0 Å². The van der Waals surface area contributed by atoms with Crippen molar-refractivity contribution in [3.63, 3.8) is 0 Å². The van der Waals surface area contributed by atoms with Crippen LogP contribution in [0.1, 0.15) is 26.2 Å². The van der Waals surface area contributed by atoms with E-state index in [0.717, 1.165) is 32.6 Å². The van der Waals surface area contributed by atoms with Gasteiger partial charge in [0.1, 0.15) is 0 Å². The van der Waals surface area contributed by atoms with Crippen molar-refractivity contribution in [2.24, 2.45) is 0 Å². The van der Waals surface area contributed by atoms with Crippen molar-refractivity contribution in [2.75, 3.05) is 54.4 Å². The highest BCUT2D eigenvalue weighted by atomic mass is 15.1. The van der Waals surface area contributed by atoms with Crippen molar-refractivity contribution >= 4 is 0 Å². The Bertz CT molecular complexity index is 143. The minimum Gasteiger partial charge on any atom is -0.309 e. The molecule has 0 aromatic carbocycles. The molecule has 0 radical (unpaired) electrons. The first kappa shape index (κ1) is 16.8. The van der Waals surface area contributed by atoms with E-state index in [-0.39, 0.29) is 0 Å². The highest BCUT2D eigenvalue weighted by Gasteiger charge is 2.03. The molecular formula is C13H32N4. The molecule has 0 saturated heterocycles. The van der Waals surface area contributed by atoms with Crippen molar-refractivity contribution < 1.29 is 0 Å². The largest absolute Gasteiger partial charge is 0.309 e. The molecule has 0 aromatic rings.